The van der Waals surface area contributed by atoms with E-state index in [4.69, 9.17) is 0 Å². The SMILES string of the molecule is Cc1ccsc1CN(Cc1ccc(F)cc1)C(=O)CN(CC(C)C)C(=O)Nc1ccccc1F. The number of halogens is 2. The molecule has 0 aliphatic rings. The molecule has 0 saturated heterocycles. The van der Waals surface area contributed by atoms with Crippen molar-refractivity contribution in [2.75, 3.05) is 18.4 Å². The Labute approximate surface area is 203 Å². The normalized spacial score (nSPS) is 10.9. The number of aryl methyl sites for hydroxylation is 1. The summed E-state index contributed by atoms with van der Waals surface area (Å²) < 4.78 is 27.4. The van der Waals surface area contributed by atoms with Crippen molar-refractivity contribution in [3.63, 3.8) is 0 Å². The molecule has 1 heterocycles. The van der Waals surface area contributed by atoms with Crippen LogP contribution in [0.15, 0.2) is 60.0 Å². The third-order valence-corrected chi connectivity index (χ3v) is 6.26. The number of amides is 3. The van der Waals surface area contributed by atoms with Gasteiger partial charge in [-0.1, -0.05) is 38.1 Å². The van der Waals surface area contributed by atoms with E-state index in [1.54, 1.807) is 40.5 Å². The maximum Gasteiger partial charge on any atom is 0.322 e. The molecule has 0 radical (unpaired) electrons. The number of nitrogens with one attached hydrogen (secondary N) is 1. The zero-order valence-electron chi connectivity index (χ0n) is 19.6. The highest BCUT2D eigenvalue weighted by Gasteiger charge is 2.24. The summed E-state index contributed by atoms with van der Waals surface area (Å²) in [6.07, 6.45) is 0. The van der Waals surface area contributed by atoms with Crippen LogP contribution in [-0.4, -0.2) is 34.8 Å². The molecular formula is C26H29F2N3O2S. The van der Waals surface area contributed by atoms with Gasteiger partial charge in [-0.05, 0) is 59.7 Å². The Kier molecular flexibility index (Phi) is 8.76. The van der Waals surface area contributed by atoms with Crippen LogP contribution in [0.5, 0.6) is 0 Å². The first kappa shape index (κ1) is 25.4. The zero-order valence-corrected chi connectivity index (χ0v) is 20.4. The van der Waals surface area contributed by atoms with Crippen LogP contribution in [0.4, 0.5) is 19.3 Å². The van der Waals surface area contributed by atoms with Gasteiger partial charge in [-0.3, -0.25) is 4.79 Å². The van der Waals surface area contributed by atoms with Gasteiger partial charge >= 0.3 is 6.03 Å². The van der Waals surface area contributed by atoms with Gasteiger partial charge < -0.3 is 15.1 Å². The van der Waals surface area contributed by atoms with Crippen molar-refractivity contribution in [2.45, 2.75) is 33.9 Å². The first-order chi connectivity index (χ1) is 16.2. The fraction of sp³-hybridized carbons (Fsp3) is 0.308. The lowest BCUT2D eigenvalue weighted by Crippen LogP contribution is -2.45. The van der Waals surface area contributed by atoms with E-state index in [0.29, 0.717) is 13.1 Å². The number of hydrogen-bond donors (Lipinski definition) is 1. The molecule has 0 fully saturated rings. The Morgan fingerprint density at radius 3 is 2.29 bits per heavy atom. The first-order valence-electron chi connectivity index (χ1n) is 11.1. The lowest BCUT2D eigenvalue weighted by molar-refractivity contribution is -0.133. The van der Waals surface area contributed by atoms with E-state index in [-0.39, 0.29) is 36.4 Å². The van der Waals surface area contributed by atoms with Crippen LogP contribution in [0.2, 0.25) is 0 Å². The molecule has 8 heteroatoms. The smallest absolute Gasteiger partial charge is 0.322 e. The maximum atomic E-state index is 14.1. The van der Waals surface area contributed by atoms with Crippen molar-refractivity contribution < 1.29 is 18.4 Å². The van der Waals surface area contributed by atoms with E-state index in [0.717, 1.165) is 16.0 Å². The largest absolute Gasteiger partial charge is 0.332 e. The molecule has 1 aromatic heterocycles. The summed E-state index contributed by atoms with van der Waals surface area (Å²) in [7, 11) is 0. The minimum absolute atomic E-state index is 0.0612. The topological polar surface area (TPSA) is 52.7 Å². The molecule has 1 N–H and O–H groups in total. The predicted octanol–water partition coefficient (Wildman–Crippen LogP) is 6.05. The molecule has 0 aliphatic carbocycles. The summed E-state index contributed by atoms with van der Waals surface area (Å²) in [6.45, 7) is 6.70. The molecule has 3 rings (SSSR count). The molecule has 0 bridgehead atoms. The zero-order chi connectivity index (χ0) is 24.7. The Morgan fingerprint density at radius 2 is 1.68 bits per heavy atom. The second-order valence-electron chi connectivity index (χ2n) is 8.59. The van der Waals surface area contributed by atoms with E-state index in [9.17, 15) is 18.4 Å². The number of urea groups is 1. The van der Waals surface area contributed by atoms with Gasteiger partial charge in [0.15, 0.2) is 0 Å². The standard InChI is InChI=1S/C26H29F2N3O2S/c1-18(2)14-31(26(33)29-23-7-5-4-6-22(23)28)17-25(32)30(16-24-19(3)12-13-34-24)15-20-8-10-21(27)11-9-20/h4-13,18H,14-17H2,1-3H3,(H,29,33). The summed E-state index contributed by atoms with van der Waals surface area (Å²) in [6, 6.07) is 13.4. The number of benzene rings is 2. The summed E-state index contributed by atoms with van der Waals surface area (Å²) in [5.74, 6) is -1.04. The highest BCUT2D eigenvalue weighted by Crippen LogP contribution is 2.20. The van der Waals surface area contributed by atoms with E-state index in [2.05, 4.69) is 5.32 Å². The Balaban J connectivity index is 1.79. The number of anilines is 1. The second kappa shape index (κ2) is 11.7. The van der Waals surface area contributed by atoms with E-state index in [1.807, 2.05) is 32.2 Å². The van der Waals surface area contributed by atoms with Gasteiger partial charge in [0.25, 0.3) is 0 Å². The Bertz CT molecular complexity index is 1120. The van der Waals surface area contributed by atoms with Crippen LogP contribution in [0, 0.1) is 24.5 Å². The molecule has 0 unspecified atom stereocenters. The highest BCUT2D eigenvalue weighted by atomic mass is 32.1. The minimum atomic E-state index is -0.544. The molecular weight excluding hydrogens is 456 g/mol. The lowest BCUT2D eigenvalue weighted by Gasteiger charge is -2.29. The van der Waals surface area contributed by atoms with Gasteiger partial charge in [0.2, 0.25) is 5.91 Å². The first-order valence-corrected chi connectivity index (χ1v) is 12.0. The number of carbonyl (C=O) groups excluding carboxylic acids is 2. The number of rotatable bonds is 9. The molecule has 5 nitrogen and oxygen atoms in total. The average molecular weight is 486 g/mol. The summed E-state index contributed by atoms with van der Waals surface area (Å²) in [5, 5.41) is 4.54. The molecule has 0 atom stereocenters. The number of thiophene rings is 1. The van der Waals surface area contributed by atoms with Crippen LogP contribution in [0.3, 0.4) is 0 Å². The van der Waals surface area contributed by atoms with Crippen molar-refractivity contribution >= 4 is 29.0 Å². The molecule has 3 aromatic rings. The Hall–Kier alpha value is -3.26. The Morgan fingerprint density at radius 1 is 0.971 bits per heavy atom. The van der Waals surface area contributed by atoms with Crippen LogP contribution in [0.25, 0.3) is 0 Å². The number of carbonyl (C=O) groups is 2. The average Bonchev–Trinajstić information content (AvgIpc) is 3.19. The summed E-state index contributed by atoms with van der Waals surface area (Å²) >= 11 is 1.56. The van der Waals surface area contributed by atoms with Gasteiger partial charge in [0.05, 0.1) is 12.2 Å². The predicted molar refractivity (Wildman–Crippen MR) is 132 cm³/mol. The van der Waals surface area contributed by atoms with E-state index in [1.165, 1.54) is 29.2 Å². The molecule has 180 valence electrons. The van der Waals surface area contributed by atoms with Gasteiger partial charge in [-0.25, -0.2) is 13.6 Å². The lowest BCUT2D eigenvalue weighted by atomic mass is 10.2. The van der Waals surface area contributed by atoms with Gasteiger partial charge in [0.1, 0.15) is 18.2 Å². The second-order valence-corrected chi connectivity index (χ2v) is 9.59. The molecule has 0 spiro atoms. The monoisotopic (exact) mass is 485 g/mol. The number of nitrogens with zero attached hydrogens (tertiary/aromatic N) is 2. The quantitative estimate of drug-likeness (QED) is 0.401. The molecule has 34 heavy (non-hydrogen) atoms. The highest BCUT2D eigenvalue weighted by molar-refractivity contribution is 7.10. The van der Waals surface area contributed by atoms with Gasteiger partial charge in [0, 0.05) is 18.0 Å². The van der Waals surface area contributed by atoms with Gasteiger partial charge in [-0.2, -0.15) is 0 Å². The van der Waals surface area contributed by atoms with Crippen LogP contribution >= 0.6 is 11.3 Å². The number of para-hydroxylation sites is 1. The molecule has 0 aliphatic heterocycles. The van der Waals surface area contributed by atoms with Crippen LogP contribution in [0.1, 0.15) is 29.9 Å². The van der Waals surface area contributed by atoms with Crippen molar-refractivity contribution in [3.8, 4) is 0 Å². The third-order valence-electron chi connectivity index (χ3n) is 5.26. The van der Waals surface area contributed by atoms with Crippen LogP contribution < -0.4 is 5.32 Å². The van der Waals surface area contributed by atoms with Crippen molar-refractivity contribution in [1.29, 1.82) is 0 Å². The summed E-state index contributed by atoms with van der Waals surface area (Å²) in [5.41, 5.74) is 1.93. The van der Waals surface area contributed by atoms with Crippen molar-refractivity contribution in [3.05, 3.63) is 87.6 Å². The van der Waals surface area contributed by atoms with Crippen molar-refractivity contribution in [2.24, 2.45) is 5.92 Å². The third kappa shape index (κ3) is 7.12. The van der Waals surface area contributed by atoms with Gasteiger partial charge in [-0.15, -0.1) is 11.3 Å². The maximum absolute atomic E-state index is 14.1. The molecule has 2 aromatic carbocycles. The minimum Gasteiger partial charge on any atom is -0.332 e. The van der Waals surface area contributed by atoms with E-state index >= 15 is 0 Å². The molecule has 0 saturated carbocycles. The fourth-order valence-corrected chi connectivity index (χ4v) is 4.38. The van der Waals surface area contributed by atoms with Crippen molar-refractivity contribution in [1.82, 2.24) is 9.80 Å². The van der Waals surface area contributed by atoms with Crippen LogP contribution in [-0.2, 0) is 17.9 Å². The fourth-order valence-electron chi connectivity index (χ4n) is 3.46. The molecule has 3 amide bonds. The van der Waals surface area contributed by atoms with E-state index < -0.39 is 11.8 Å². The summed E-state index contributed by atoms with van der Waals surface area (Å²) in [4.78, 5) is 30.5. The number of hydrogen-bond acceptors (Lipinski definition) is 3.